The fourth-order valence-corrected chi connectivity index (χ4v) is 4.62. The van der Waals surface area contributed by atoms with Crippen molar-refractivity contribution in [3.8, 4) is 11.3 Å². The number of aryl methyl sites for hydroxylation is 1. The second-order valence-corrected chi connectivity index (χ2v) is 8.96. The quantitative estimate of drug-likeness (QED) is 0.605. The number of carbonyl (C=O) groups excluding carboxylic acids is 1. The maximum atomic E-state index is 13.1. The number of hydrogen-bond donors (Lipinski definition) is 3. The van der Waals surface area contributed by atoms with Gasteiger partial charge < -0.3 is 15.6 Å². The van der Waals surface area contributed by atoms with Gasteiger partial charge in [0.15, 0.2) is 0 Å². The lowest BCUT2D eigenvalue weighted by atomic mass is 9.77. The minimum absolute atomic E-state index is 0.122. The Bertz CT molecular complexity index is 1070. The molecule has 3 N–H and O–H groups in total. The van der Waals surface area contributed by atoms with Crippen LogP contribution in [0.5, 0.6) is 0 Å². The van der Waals surface area contributed by atoms with Crippen molar-refractivity contribution in [2.24, 2.45) is 0 Å². The van der Waals surface area contributed by atoms with Gasteiger partial charge in [-0.1, -0.05) is 19.9 Å². The molecule has 5 heteroatoms. The molecule has 1 aromatic carbocycles. The number of benzene rings is 1. The van der Waals surface area contributed by atoms with E-state index < -0.39 is 5.41 Å². The van der Waals surface area contributed by atoms with Gasteiger partial charge in [0.05, 0.1) is 11.1 Å². The average Bonchev–Trinajstić information content (AvgIpc) is 3.14. The summed E-state index contributed by atoms with van der Waals surface area (Å²) < 4.78 is 0. The van der Waals surface area contributed by atoms with E-state index >= 15 is 0 Å². The monoisotopic (exact) mass is 404 g/mol. The van der Waals surface area contributed by atoms with E-state index in [9.17, 15) is 4.79 Å². The van der Waals surface area contributed by atoms with Crippen molar-refractivity contribution in [3.05, 3.63) is 53.3 Å². The molecule has 1 aliphatic rings. The first-order valence-corrected chi connectivity index (χ1v) is 11.0. The Kier molecular flexibility index (Phi) is 5.65. The van der Waals surface area contributed by atoms with Crippen molar-refractivity contribution in [3.63, 3.8) is 0 Å². The number of hydrogen-bond acceptors (Lipinski definition) is 3. The van der Waals surface area contributed by atoms with Crippen LogP contribution >= 0.6 is 0 Å². The molecule has 0 radical (unpaired) electrons. The highest BCUT2D eigenvalue weighted by atomic mass is 16.2. The SMILES string of the molecule is Cc1cc(-c2[nH]c3ccc(C4(C)CCCNCCNC4=O)cc3c2C(C)C)ccn1. The summed E-state index contributed by atoms with van der Waals surface area (Å²) in [5.41, 5.74) is 6.28. The third kappa shape index (κ3) is 3.74. The number of aromatic nitrogens is 2. The molecule has 1 saturated heterocycles. The molecule has 1 aliphatic heterocycles. The minimum Gasteiger partial charge on any atom is -0.354 e. The summed E-state index contributed by atoms with van der Waals surface area (Å²) in [6.07, 6.45) is 3.67. The fraction of sp³-hybridized carbons (Fsp3) is 0.440. The number of rotatable bonds is 3. The van der Waals surface area contributed by atoms with E-state index in [1.54, 1.807) is 0 Å². The number of H-pyrrole nitrogens is 1. The molecule has 1 unspecified atom stereocenters. The molecule has 1 fully saturated rings. The maximum absolute atomic E-state index is 13.1. The van der Waals surface area contributed by atoms with E-state index in [2.05, 4.69) is 71.7 Å². The third-order valence-corrected chi connectivity index (χ3v) is 6.36. The predicted molar refractivity (Wildman–Crippen MR) is 123 cm³/mol. The molecular weight excluding hydrogens is 372 g/mol. The second kappa shape index (κ2) is 8.23. The Labute approximate surface area is 178 Å². The number of nitrogens with one attached hydrogen (secondary N) is 3. The topological polar surface area (TPSA) is 69.8 Å². The maximum Gasteiger partial charge on any atom is 0.230 e. The van der Waals surface area contributed by atoms with Gasteiger partial charge in [0.25, 0.3) is 0 Å². The second-order valence-electron chi connectivity index (χ2n) is 8.96. The lowest BCUT2D eigenvalue weighted by Crippen LogP contribution is -2.43. The van der Waals surface area contributed by atoms with Crippen molar-refractivity contribution in [1.29, 1.82) is 0 Å². The summed E-state index contributed by atoms with van der Waals surface area (Å²) in [6, 6.07) is 10.7. The Balaban J connectivity index is 1.85. The lowest BCUT2D eigenvalue weighted by molar-refractivity contribution is -0.126. The molecule has 5 nitrogen and oxygen atoms in total. The van der Waals surface area contributed by atoms with Crippen LogP contribution in [0, 0.1) is 6.92 Å². The van der Waals surface area contributed by atoms with Crippen LogP contribution in [0.25, 0.3) is 22.2 Å². The molecule has 158 valence electrons. The predicted octanol–water partition coefficient (Wildman–Crippen LogP) is 4.42. The molecule has 0 bridgehead atoms. The summed E-state index contributed by atoms with van der Waals surface area (Å²) in [6.45, 7) is 11.0. The summed E-state index contributed by atoms with van der Waals surface area (Å²) >= 11 is 0. The summed E-state index contributed by atoms with van der Waals surface area (Å²) in [4.78, 5) is 21.1. The van der Waals surface area contributed by atoms with Crippen LogP contribution in [0.4, 0.5) is 0 Å². The standard InChI is InChI=1S/C25H32N4O/c1-16(2)22-20-15-19(25(4)9-5-10-26-12-13-28-24(25)30)6-7-21(20)29-23(22)18-8-11-27-17(3)14-18/h6-8,11,14-16,26,29H,5,9-10,12-13H2,1-4H3,(H,28,30). The van der Waals surface area contributed by atoms with E-state index in [4.69, 9.17) is 0 Å². The number of pyridine rings is 1. The highest BCUT2D eigenvalue weighted by Gasteiger charge is 2.35. The molecule has 4 rings (SSSR count). The molecule has 3 aromatic rings. The number of fused-ring (bicyclic) bond motifs is 1. The summed E-state index contributed by atoms with van der Waals surface area (Å²) in [5.74, 6) is 0.473. The van der Waals surface area contributed by atoms with Crippen LogP contribution in [0.3, 0.4) is 0 Å². The van der Waals surface area contributed by atoms with E-state index in [0.29, 0.717) is 12.5 Å². The van der Waals surface area contributed by atoms with Crippen LogP contribution in [-0.2, 0) is 10.2 Å². The fourth-order valence-electron chi connectivity index (χ4n) is 4.62. The summed E-state index contributed by atoms with van der Waals surface area (Å²) in [7, 11) is 0. The molecule has 2 aromatic heterocycles. The first-order chi connectivity index (χ1) is 14.4. The molecule has 3 heterocycles. The Morgan fingerprint density at radius 2 is 1.93 bits per heavy atom. The van der Waals surface area contributed by atoms with Gasteiger partial charge in [-0.05, 0) is 74.5 Å². The van der Waals surface area contributed by atoms with Gasteiger partial charge in [0.1, 0.15) is 0 Å². The van der Waals surface area contributed by atoms with Crippen LogP contribution in [0.2, 0.25) is 0 Å². The normalized spacial score (nSPS) is 20.6. The first-order valence-electron chi connectivity index (χ1n) is 11.0. The van der Waals surface area contributed by atoms with Gasteiger partial charge in [0.2, 0.25) is 5.91 Å². The van der Waals surface area contributed by atoms with Crippen molar-refractivity contribution in [2.45, 2.75) is 51.9 Å². The highest BCUT2D eigenvalue weighted by molar-refractivity contribution is 5.94. The van der Waals surface area contributed by atoms with Gasteiger partial charge in [0, 0.05) is 41.4 Å². The van der Waals surface area contributed by atoms with Crippen molar-refractivity contribution in [2.75, 3.05) is 19.6 Å². The molecule has 0 saturated carbocycles. The number of amides is 1. The average molecular weight is 405 g/mol. The van der Waals surface area contributed by atoms with Crippen LogP contribution < -0.4 is 10.6 Å². The lowest BCUT2D eigenvalue weighted by Gasteiger charge is -2.28. The van der Waals surface area contributed by atoms with Crippen LogP contribution in [-0.4, -0.2) is 35.5 Å². The molecular formula is C25H32N4O. The van der Waals surface area contributed by atoms with Crippen molar-refractivity contribution >= 4 is 16.8 Å². The largest absolute Gasteiger partial charge is 0.354 e. The van der Waals surface area contributed by atoms with E-state index in [0.717, 1.165) is 54.0 Å². The van der Waals surface area contributed by atoms with E-state index in [1.807, 2.05) is 13.1 Å². The minimum atomic E-state index is -0.529. The molecule has 30 heavy (non-hydrogen) atoms. The number of carbonyl (C=O) groups is 1. The zero-order chi connectivity index (χ0) is 21.3. The smallest absolute Gasteiger partial charge is 0.230 e. The highest BCUT2D eigenvalue weighted by Crippen LogP contribution is 2.39. The molecule has 1 amide bonds. The molecule has 0 spiro atoms. The molecule has 0 aliphatic carbocycles. The Morgan fingerprint density at radius 1 is 1.10 bits per heavy atom. The molecule has 1 atom stereocenters. The summed E-state index contributed by atoms with van der Waals surface area (Å²) in [5, 5.41) is 7.72. The third-order valence-electron chi connectivity index (χ3n) is 6.36. The van der Waals surface area contributed by atoms with Gasteiger partial charge in [-0.3, -0.25) is 9.78 Å². The van der Waals surface area contributed by atoms with E-state index in [1.165, 1.54) is 10.9 Å². The van der Waals surface area contributed by atoms with Gasteiger partial charge in [-0.25, -0.2) is 0 Å². The van der Waals surface area contributed by atoms with Crippen LogP contribution in [0.15, 0.2) is 36.5 Å². The van der Waals surface area contributed by atoms with Crippen molar-refractivity contribution < 1.29 is 4.79 Å². The van der Waals surface area contributed by atoms with Crippen LogP contribution in [0.1, 0.15) is 56.4 Å². The van der Waals surface area contributed by atoms with Crippen molar-refractivity contribution in [1.82, 2.24) is 20.6 Å². The van der Waals surface area contributed by atoms with Gasteiger partial charge in [-0.2, -0.15) is 0 Å². The first kappa shape index (κ1) is 20.6. The van der Waals surface area contributed by atoms with E-state index in [-0.39, 0.29) is 5.91 Å². The number of nitrogens with zero attached hydrogens (tertiary/aromatic N) is 1. The zero-order valence-electron chi connectivity index (χ0n) is 18.4. The van der Waals surface area contributed by atoms with Gasteiger partial charge >= 0.3 is 0 Å². The zero-order valence-corrected chi connectivity index (χ0v) is 18.4. The van der Waals surface area contributed by atoms with Gasteiger partial charge in [-0.15, -0.1) is 0 Å². The number of aromatic amines is 1. The Morgan fingerprint density at radius 3 is 2.70 bits per heavy atom. The Hall–Kier alpha value is -2.66.